The Bertz CT molecular complexity index is 1310. The van der Waals surface area contributed by atoms with Gasteiger partial charge >= 0.3 is 0 Å². The van der Waals surface area contributed by atoms with Gasteiger partial charge in [-0.1, -0.05) is 48.0 Å². The number of aliphatic hydroxyl groups is 1. The van der Waals surface area contributed by atoms with E-state index in [2.05, 4.69) is 0 Å². The van der Waals surface area contributed by atoms with Crippen LogP contribution >= 0.6 is 11.6 Å². The first-order valence-corrected chi connectivity index (χ1v) is 11.2. The van der Waals surface area contributed by atoms with Crippen molar-refractivity contribution in [2.24, 2.45) is 0 Å². The van der Waals surface area contributed by atoms with Crippen molar-refractivity contribution in [2.75, 3.05) is 19.1 Å². The lowest BCUT2D eigenvalue weighted by molar-refractivity contribution is -0.118. The Morgan fingerprint density at radius 3 is 2.40 bits per heavy atom. The summed E-state index contributed by atoms with van der Waals surface area (Å²) in [5.74, 6) is -1.62. The topological polar surface area (TPSA) is 76.1 Å². The molecule has 1 atom stereocenters. The number of anilines is 1. The van der Waals surface area contributed by atoms with E-state index in [9.17, 15) is 19.1 Å². The van der Waals surface area contributed by atoms with Crippen molar-refractivity contribution in [3.05, 3.63) is 100 Å². The number of hydrogen-bond acceptors (Lipinski definition) is 5. The zero-order chi connectivity index (χ0) is 25.1. The van der Waals surface area contributed by atoms with Crippen LogP contribution in [0.4, 0.5) is 10.1 Å². The minimum absolute atomic E-state index is 0.0430. The first kappa shape index (κ1) is 24.3. The summed E-state index contributed by atoms with van der Waals surface area (Å²) in [6.45, 7) is 0. The molecular weight excluding hydrogens is 473 g/mol. The van der Waals surface area contributed by atoms with Crippen LogP contribution in [0.2, 0.25) is 5.02 Å². The first-order chi connectivity index (χ1) is 16.8. The SMILES string of the molecule is COc1ccc(C2C(C(=O)CCc3ccccc3)=C(O)C(=O)N2c2ccc(F)c(Cl)c2)cc1OC. The van der Waals surface area contributed by atoms with Crippen molar-refractivity contribution < 1.29 is 28.6 Å². The van der Waals surface area contributed by atoms with E-state index in [1.54, 1.807) is 18.2 Å². The van der Waals surface area contributed by atoms with Gasteiger partial charge in [0.1, 0.15) is 5.82 Å². The molecule has 35 heavy (non-hydrogen) atoms. The Morgan fingerprint density at radius 2 is 1.74 bits per heavy atom. The number of methoxy groups -OCH3 is 2. The van der Waals surface area contributed by atoms with E-state index in [1.165, 1.54) is 31.3 Å². The standard InChI is InChI=1S/C27H23ClFNO5/c1-34-22-13-9-17(14-23(22)35-2)25-24(21(31)12-8-16-6-4-3-5-7-16)26(32)27(33)30(25)18-10-11-20(29)19(28)15-18/h3-7,9-11,13-15,25,32H,8,12H2,1-2H3. The average Bonchev–Trinajstić information content (AvgIpc) is 3.14. The number of rotatable bonds is 8. The molecular formula is C27H23ClFNO5. The van der Waals surface area contributed by atoms with Crippen molar-refractivity contribution in [2.45, 2.75) is 18.9 Å². The second-order valence-corrected chi connectivity index (χ2v) is 8.37. The lowest BCUT2D eigenvalue weighted by atomic mass is 9.92. The fourth-order valence-corrected chi connectivity index (χ4v) is 4.34. The van der Waals surface area contributed by atoms with Gasteiger partial charge in [0.2, 0.25) is 0 Å². The zero-order valence-electron chi connectivity index (χ0n) is 19.1. The third kappa shape index (κ3) is 4.72. The number of hydrogen-bond donors (Lipinski definition) is 1. The second kappa shape index (κ2) is 10.2. The Hall–Kier alpha value is -3.84. The molecule has 0 bridgehead atoms. The number of benzene rings is 3. The van der Waals surface area contributed by atoms with Gasteiger partial charge in [-0.25, -0.2) is 4.39 Å². The Labute approximate surface area is 207 Å². The summed E-state index contributed by atoms with van der Waals surface area (Å²) in [5.41, 5.74) is 1.65. The molecule has 180 valence electrons. The van der Waals surface area contributed by atoms with Crippen LogP contribution in [0.1, 0.15) is 23.6 Å². The summed E-state index contributed by atoms with van der Waals surface area (Å²) in [6, 6.07) is 17.2. The molecule has 0 saturated heterocycles. The maximum Gasteiger partial charge on any atom is 0.294 e. The van der Waals surface area contributed by atoms with Gasteiger partial charge in [-0.05, 0) is 47.9 Å². The summed E-state index contributed by atoms with van der Waals surface area (Å²) in [7, 11) is 2.96. The fourth-order valence-electron chi connectivity index (χ4n) is 4.17. The predicted octanol–water partition coefficient (Wildman–Crippen LogP) is 5.60. The number of Topliss-reactive ketones (excluding diaryl/α,β-unsaturated/α-hetero) is 1. The lowest BCUT2D eigenvalue weighted by Gasteiger charge is -2.27. The molecule has 0 aliphatic carbocycles. The zero-order valence-corrected chi connectivity index (χ0v) is 19.9. The van der Waals surface area contributed by atoms with Crippen molar-refractivity contribution in [3.63, 3.8) is 0 Å². The van der Waals surface area contributed by atoms with Crippen LogP contribution < -0.4 is 14.4 Å². The van der Waals surface area contributed by atoms with Crippen LogP contribution in [0.25, 0.3) is 0 Å². The van der Waals surface area contributed by atoms with E-state index in [1.807, 2.05) is 30.3 Å². The molecule has 3 aromatic carbocycles. The smallest absolute Gasteiger partial charge is 0.294 e. The molecule has 1 aliphatic rings. The van der Waals surface area contributed by atoms with E-state index in [0.29, 0.717) is 23.5 Å². The van der Waals surface area contributed by atoms with E-state index in [-0.39, 0.29) is 28.5 Å². The number of aryl methyl sites for hydroxylation is 1. The van der Waals surface area contributed by atoms with E-state index >= 15 is 0 Å². The highest BCUT2D eigenvalue weighted by molar-refractivity contribution is 6.31. The summed E-state index contributed by atoms with van der Waals surface area (Å²) in [5, 5.41) is 10.7. The molecule has 1 heterocycles. The number of ketones is 1. The number of amides is 1. The van der Waals surface area contributed by atoms with Crippen LogP contribution in [0, 0.1) is 5.82 Å². The maximum absolute atomic E-state index is 13.8. The average molecular weight is 496 g/mol. The molecule has 0 aromatic heterocycles. The summed E-state index contributed by atoms with van der Waals surface area (Å²) in [6.07, 6.45) is 0.518. The molecule has 3 aromatic rings. The Morgan fingerprint density at radius 1 is 1.03 bits per heavy atom. The number of nitrogens with zero attached hydrogens (tertiary/aromatic N) is 1. The molecule has 0 spiro atoms. The van der Waals surface area contributed by atoms with E-state index < -0.39 is 23.5 Å². The fraction of sp³-hybridized carbons (Fsp3) is 0.185. The van der Waals surface area contributed by atoms with Crippen LogP contribution in [0.3, 0.4) is 0 Å². The highest BCUT2D eigenvalue weighted by Crippen LogP contribution is 2.44. The molecule has 0 saturated carbocycles. The van der Waals surface area contributed by atoms with Crippen LogP contribution in [0.5, 0.6) is 11.5 Å². The molecule has 1 amide bonds. The summed E-state index contributed by atoms with van der Waals surface area (Å²) < 4.78 is 24.6. The van der Waals surface area contributed by atoms with Gasteiger partial charge in [-0.2, -0.15) is 0 Å². The van der Waals surface area contributed by atoms with Crippen LogP contribution in [-0.2, 0) is 16.0 Å². The van der Waals surface area contributed by atoms with Crippen LogP contribution in [-0.4, -0.2) is 31.0 Å². The second-order valence-electron chi connectivity index (χ2n) is 7.96. The predicted molar refractivity (Wildman–Crippen MR) is 131 cm³/mol. The molecule has 1 aliphatic heterocycles. The minimum Gasteiger partial charge on any atom is -0.503 e. The van der Waals surface area contributed by atoms with Gasteiger partial charge in [0.05, 0.1) is 30.9 Å². The van der Waals surface area contributed by atoms with Crippen molar-refractivity contribution in [1.29, 1.82) is 0 Å². The maximum atomic E-state index is 13.8. The first-order valence-electron chi connectivity index (χ1n) is 10.9. The summed E-state index contributed by atoms with van der Waals surface area (Å²) in [4.78, 5) is 27.9. The lowest BCUT2D eigenvalue weighted by Crippen LogP contribution is -2.31. The van der Waals surface area contributed by atoms with Gasteiger partial charge in [0.25, 0.3) is 5.91 Å². The third-order valence-corrected chi connectivity index (χ3v) is 6.19. The highest BCUT2D eigenvalue weighted by atomic mass is 35.5. The molecule has 8 heteroatoms. The van der Waals surface area contributed by atoms with Gasteiger partial charge in [-0.3, -0.25) is 14.5 Å². The van der Waals surface area contributed by atoms with E-state index in [0.717, 1.165) is 11.6 Å². The molecule has 4 rings (SSSR count). The summed E-state index contributed by atoms with van der Waals surface area (Å²) >= 11 is 5.98. The van der Waals surface area contributed by atoms with Gasteiger partial charge in [-0.15, -0.1) is 0 Å². The van der Waals surface area contributed by atoms with Gasteiger partial charge in [0, 0.05) is 12.1 Å². The monoisotopic (exact) mass is 495 g/mol. The number of ether oxygens (including phenoxy) is 2. The number of halogens is 2. The van der Waals surface area contributed by atoms with Gasteiger partial charge in [0.15, 0.2) is 23.0 Å². The number of carbonyl (C=O) groups excluding carboxylic acids is 2. The Kier molecular flexibility index (Phi) is 7.07. The van der Waals surface area contributed by atoms with Crippen LogP contribution in [0.15, 0.2) is 78.1 Å². The molecule has 0 fully saturated rings. The largest absolute Gasteiger partial charge is 0.503 e. The third-order valence-electron chi connectivity index (χ3n) is 5.90. The van der Waals surface area contributed by atoms with Crippen molar-refractivity contribution in [3.8, 4) is 11.5 Å². The molecule has 1 N–H and O–H groups in total. The van der Waals surface area contributed by atoms with Crippen molar-refractivity contribution >= 4 is 29.0 Å². The number of carbonyl (C=O) groups is 2. The van der Waals surface area contributed by atoms with Gasteiger partial charge < -0.3 is 14.6 Å². The minimum atomic E-state index is -0.980. The highest BCUT2D eigenvalue weighted by Gasteiger charge is 2.44. The quantitative estimate of drug-likeness (QED) is 0.440. The van der Waals surface area contributed by atoms with Crippen molar-refractivity contribution in [1.82, 2.24) is 0 Å². The Balaban J connectivity index is 1.79. The molecule has 6 nitrogen and oxygen atoms in total. The number of aliphatic hydroxyl groups excluding tert-OH is 1. The molecule has 1 unspecified atom stereocenters. The normalized spacial score (nSPS) is 15.5. The molecule has 0 radical (unpaired) electrons. The van der Waals surface area contributed by atoms with E-state index in [4.69, 9.17) is 21.1 Å².